The molecule has 1 aliphatic rings. The summed E-state index contributed by atoms with van der Waals surface area (Å²) >= 11 is 0. The SMILES string of the molecule is CC1=C([Si](C)(C)C)c2ccccc2[CH]1. The monoisotopic (exact) mass is 201 g/mol. The van der Waals surface area contributed by atoms with Crippen molar-refractivity contribution < 1.29 is 0 Å². The summed E-state index contributed by atoms with van der Waals surface area (Å²) in [5, 5.41) is 1.63. The molecule has 1 aromatic carbocycles. The number of rotatable bonds is 1. The van der Waals surface area contributed by atoms with E-state index in [0.717, 1.165) is 0 Å². The zero-order chi connectivity index (χ0) is 10.3. The number of hydrogen-bond donors (Lipinski definition) is 0. The highest BCUT2D eigenvalue weighted by molar-refractivity contribution is 6.94. The van der Waals surface area contributed by atoms with Crippen molar-refractivity contribution in [2.24, 2.45) is 0 Å². The van der Waals surface area contributed by atoms with Crippen LogP contribution in [0.5, 0.6) is 0 Å². The van der Waals surface area contributed by atoms with Crippen LogP contribution in [-0.2, 0) is 0 Å². The van der Waals surface area contributed by atoms with Crippen LogP contribution in [0.1, 0.15) is 18.1 Å². The van der Waals surface area contributed by atoms with E-state index in [0.29, 0.717) is 0 Å². The largest absolute Gasteiger partial charge is 0.0783 e. The molecule has 1 heteroatoms. The van der Waals surface area contributed by atoms with E-state index in [2.05, 4.69) is 57.3 Å². The normalized spacial score (nSPS) is 16.0. The third-order valence-corrected chi connectivity index (χ3v) is 4.91. The Morgan fingerprint density at radius 2 is 1.64 bits per heavy atom. The van der Waals surface area contributed by atoms with Gasteiger partial charge in [-0.1, -0.05) is 54.7 Å². The van der Waals surface area contributed by atoms with Gasteiger partial charge in [0.25, 0.3) is 0 Å². The van der Waals surface area contributed by atoms with Crippen molar-refractivity contribution in [3.05, 3.63) is 47.4 Å². The summed E-state index contributed by atoms with van der Waals surface area (Å²) in [4.78, 5) is 0. The van der Waals surface area contributed by atoms with Gasteiger partial charge < -0.3 is 0 Å². The Morgan fingerprint density at radius 3 is 2.29 bits per heavy atom. The molecule has 0 unspecified atom stereocenters. The molecule has 14 heavy (non-hydrogen) atoms. The van der Waals surface area contributed by atoms with E-state index in [4.69, 9.17) is 0 Å². The van der Waals surface area contributed by atoms with Gasteiger partial charge in [-0.25, -0.2) is 0 Å². The minimum absolute atomic E-state index is 1.19. The summed E-state index contributed by atoms with van der Waals surface area (Å²) in [6.45, 7) is 9.50. The first kappa shape index (κ1) is 9.72. The maximum atomic E-state index is 2.42. The minimum atomic E-state index is -1.19. The lowest BCUT2D eigenvalue weighted by molar-refractivity contribution is 1.45. The lowest BCUT2D eigenvalue weighted by Gasteiger charge is -2.20. The molecule has 0 amide bonds. The Hall–Kier alpha value is -0.823. The Balaban J connectivity index is 2.57. The highest BCUT2D eigenvalue weighted by Crippen LogP contribution is 2.39. The highest BCUT2D eigenvalue weighted by atomic mass is 28.3. The van der Waals surface area contributed by atoms with E-state index in [1.807, 2.05) is 0 Å². The Bertz CT molecular complexity index is 394. The molecule has 0 atom stereocenters. The van der Waals surface area contributed by atoms with Gasteiger partial charge in [0.05, 0.1) is 8.07 Å². The van der Waals surface area contributed by atoms with Crippen LogP contribution in [0, 0.1) is 6.42 Å². The Morgan fingerprint density at radius 1 is 1.00 bits per heavy atom. The molecular formula is C13H17Si. The van der Waals surface area contributed by atoms with Gasteiger partial charge in [-0.3, -0.25) is 0 Å². The van der Waals surface area contributed by atoms with Crippen molar-refractivity contribution in [3.8, 4) is 0 Å². The summed E-state index contributed by atoms with van der Waals surface area (Å²) in [6.07, 6.45) is 2.32. The van der Waals surface area contributed by atoms with Crippen LogP contribution in [-0.4, -0.2) is 8.07 Å². The first-order chi connectivity index (χ1) is 6.50. The maximum Gasteiger partial charge on any atom is 0.0783 e. The molecule has 73 valence electrons. The fourth-order valence-corrected chi connectivity index (χ4v) is 4.65. The van der Waals surface area contributed by atoms with Crippen LogP contribution < -0.4 is 0 Å². The number of benzene rings is 1. The van der Waals surface area contributed by atoms with Crippen molar-refractivity contribution in [3.63, 3.8) is 0 Å². The van der Waals surface area contributed by atoms with Crippen molar-refractivity contribution >= 4 is 13.3 Å². The van der Waals surface area contributed by atoms with Gasteiger partial charge in [0, 0.05) is 6.42 Å². The van der Waals surface area contributed by atoms with Crippen LogP contribution >= 0.6 is 0 Å². The van der Waals surface area contributed by atoms with E-state index < -0.39 is 8.07 Å². The van der Waals surface area contributed by atoms with Crippen molar-refractivity contribution in [2.75, 3.05) is 0 Å². The predicted octanol–water partition coefficient (Wildman–Crippen LogP) is 3.90. The third kappa shape index (κ3) is 1.46. The summed E-state index contributed by atoms with van der Waals surface area (Å²) in [5.41, 5.74) is 4.36. The average Bonchev–Trinajstić information content (AvgIpc) is 2.38. The molecule has 0 nitrogen and oxygen atoms in total. The Kier molecular flexibility index (Phi) is 2.15. The van der Waals surface area contributed by atoms with E-state index >= 15 is 0 Å². The summed E-state index contributed by atoms with van der Waals surface area (Å²) in [7, 11) is -1.19. The van der Waals surface area contributed by atoms with Gasteiger partial charge in [-0.2, -0.15) is 0 Å². The summed E-state index contributed by atoms with van der Waals surface area (Å²) in [5.74, 6) is 0. The zero-order valence-corrected chi connectivity index (χ0v) is 10.4. The topological polar surface area (TPSA) is 0 Å². The van der Waals surface area contributed by atoms with Crippen LogP contribution in [0.25, 0.3) is 5.20 Å². The number of hydrogen-bond acceptors (Lipinski definition) is 0. The predicted molar refractivity (Wildman–Crippen MR) is 65.8 cm³/mol. The Labute approximate surface area is 87.7 Å². The second-order valence-electron chi connectivity index (χ2n) is 5.04. The van der Waals surface area contributed by atoms with Crippen molar-refractivity contribution in [1.29, 1.82) is 0 Å². The molecule has 0 aromatic heterocycles. The van der Waals surface area contributed by atoms with E-state index in [1.165, 1.54) is 16.7 Å². The second kappa shape index (κ2) is 3.09. The lowest BCUT2D eigenvalue weighted by atomic mass is 10.1. The van der Waals surface area contributed by atoms with Crippen LogP contribution in [0.15, 0.2) is 29.8 Å². The number of allylic oxidation sites excluding steroid dienone is 1. The molecule has 0 aliphatic heterocycles. The molecule has 0 heterocycles. The zero-order valence-electron chi connectivity index (χ0n) is 9.39. The molecule has 0 bridgehead atoms. The molecule has 2 rings (SSSR count). The molecule has 0 fully saturated rings. The number of fused-ring (bicyclic) bond motifs is 1. The smallest absolute Gasteiger partial charge is 0.0656 e. The van der Waals surface area contributed by atoms with Gasteiger partial charge in [-0.15, -0.1) is 0 Å². The lowest BCUT2D eigenvalue weighted by Crippen LogP contribution is -2.22. The fourth-order valence-electron chi connectivity index (χ4n) is 2.36. The minimum Gasteiger partial charge on any atom is -0.0656 e. The fraction of sp³-hybridized carbons (Fsp3) is 0.308. The molecular weight excluding hydrogens is 184 g/mol. The third-order valence-electron chi connectivity index (χ3n) is 2.75. The van der Waals surface area contributed by atoms with Gasteiger partial charge in [-0.05, 0) is 18.1 Å². The first-order valence-corrected chi connectivity index (χ1v) is 8.65. The summed E-state index contributed by atoms with van der Waals surface area (Å²) < 4.78 is 0. The highest BCUT2D eigenvalue weighted by Gasteiger charge is 2.28. The standard InChI is InChI=1S/C13H17Si/c1-10-9-11-7-5-6-8-12(11)13(10)14(2,3)4/h5-9H,1-4H3. The molecule has 1 radical (unpaired) electrons. The van der Waals surface area contributed by atoms with Crippen molar-refractivity contribution in [2.45, 2.75) is 26.6 Å². The summed E-state index contributed by atoms with van der Waals surface area (Å²) in [6, 6.07) is 8.74. The quantitative estimate of drug-likeness (QED) is 0.604. The van der Waals surface area contributed by atoms with Crippen LogP contribution in [0.2, 0.25) is 19.6 Å². The van der Waals surface area contributed by atoms with Crippen LogP contribution in [0.3, 0.4) is 0 Å². The molecule has 0 spiro atoms. The molecule has 0 N–H and O–H groups in total. The van der Waals surface area contributed by atoms with E-state index in [1.54, 1.807) is 5.20 Å². The van der Waals surface area contributed by atoms with Crippen molar-refractivity contribution in [1.82, 2.24) is 0 Å². The van der Waals surface area contributed by atoms with E-state index in [9.17, 15) is 0 Å². The molecule has 0 saturated carbocycles. The van der Waals surface area contributed by atoms with Gasteiger partial charge in [0.15, 0.2) is 0 Å². The maximum absolute atomic E-state index is 2.42. The first-order valence-electron chi connectivity index (χ1n) is 5.15. The molecule has 1 aliphatic carbocycles. The molecule has 0 saturated heterocycles. The second-order valence-corrected chi connectivity index (χ2v) is 10.0. The van der Waals surface area contributed by atoms with Gasteiger partial charge in [0.1, 0.15) is 0 Å². The average molecular weight is 201 g/mol. The molecule has 1 aromatic rings. The van der Waals surface area contributed by atoms with Gasteiger partial charge >= 0.3 is 0 Å². The van der Waals surface area contributed by atoms with E-state index in [-0.39, 0.29) is 0 Å². The van der Waals surface area contributed by atoms with Crippen LogP contribution in [0.4, 0.5) is 0 Å². The van der Waals surface area contributed by atoms with Gasteiger partial charge in [0.2, 0.25) is 0 Å².